The smallest absolute Gasteiger partial charge is 0.230 e. The summed E-state index contributed by atoms with van der Waals surface area (Å²) in [6.07, 6.45) is 0. The van der Waals surface area contributed by atoms with Crippen molar-refractivity contribution in [1.29, 1.82) is 0 Å². The molecule has 0 radical (unpaired) electrons. The number of benzene rings is 1. The van der Waals surface area contributed by atoms with Crippen molar-refractivity contribution >= 4 is 17.2 Å². The van der Waals surface area contributed by atoms with Crippen molar-refractivity contribution in [3.63, 3.8) is 0 Å². The Hall–Kier alpha value is -1.55. The third-order valence-corrected chi connectivity index (χ3v) is 2.09. The van der Waals surface area contributed by atoms with Gasteiger partial charge in [-0.2, -0.15) is 4.37 Å². The summed E-state index contributed by atoms with van der Waals surface area (Å²) in [6.45, 7) is 0. The summed E-state index contributed by atoms with van der Waals surface area (Å²) in [6, 6.07) is 9.15. The summed E-state index contributed by atoms with van der Waals surface area (Å²) < 4.78 is 9.44. The highest BCUT2D eigenvalue weighted by atomic mass is 32.1. The van der Waals surface area contributed by atoms with E-state index in [1.165, 1.54) is 11.5 Å². The summed E-state index contributed by atoms with van der Waals surface area (Å²) in [4.78, 5) is 0. The minimum atomic E-state index is 0.586. The van der Waals surface area contributed by atoms with Crippen LogP contribution in [-0.4, -0.2) is 4.37 Å². The summed E-state index contributed by atoms with van der Waals surface area (Å²) >= 11 is 1.35. The Morgan fingerprint density at radius 1 is 1.23 bits per heavy atom. The van der Waals surface area contributed by atoms with Crippen LogP contribution in [0.1, 0.15) is 0 Å². The molecule has 3 nitrogen and oxygen atoms in total. The number of anilines is 1. The van der Waals surface area contributed by atoms with Crippen molar-refractivity contribution < 1.29 is 4.74 Å². The highest BCUT2D eigenvalue weighted by Gasteiger charge is 2.01. The normalized spacial score (nSPS) is 9.85. The molecule has 66 valence electrons. The Bertz CT molecular complexity index is 386. The molecule has 2 aromatic rings. The number of nitrogens with zero attached hydrogens (tertiary/aromatic N) is 1. The van der Waals surface area contributed by atoms with Gasteiger partial charge in [-0.15, -0.1) is 0 Å². The molecule has 0 saturated heterocycles. The van der Waals surface area contributed by atoms with E-state index in [2.05, 4.69) is 4.37 Å². The molecular weight excluding hydrogens is 184 g/mol. The van der Waals surface area contributed by atoms with Gasteiger partial charge in [0.2, 0.25) is 5.88 Å². The van der Waals surface area contributed by atoms with Crippen LogP contribution < -0.4 is 10.5 Å². The van der Waals surface area contributed by atoms with E-state index in [9.17, 15) is 0 Å². The number of para-hydroxylation sites is 2. The van der Waals surface area contributed by atoms with Crippen LogP contribution in [0.15, 0.2) is 35.7 Å². The lowest BCUT2D eigenvalue weighted by Gasteiger charge is -2.03. The molecule has 0 spiro atoms. The van der Waals surface area contributed by atoms with Gasteiger partial charge < -0.3 is 10.5 Å². The van der Waals surface area contributed by atoms with Gasteiger partial charge in [-0.1, -0.05) is 12.1 Å². The molecule has 0 unspecified atom stereocenters. The van der Waals surface area contributed by atoms with Gasteiger partial charge in [-0.05, 0) is 23.7 Å². The summed E-state index contributed by atoms with van der Waals surface area (Å²) in [5.41, 5.74) is 6.31. The maximum Gasteiger partial charge on any atom is 0.230 e. The van der Waals surface area contributed by atoms with Crippen LogP contribution in [0.4, 0.5) is 5.69 Å². The van der Waals surface area contributed by atoms with E-state index in [-0.39, 0.29) is 0 Å². The molecule has 0 fully saturated rings. The van der Waals surface area contributed by atoms with Crippen molar-refractivity contribution in [2.45, 2.75) is 0 Å². The van der Waals surface area contributed by atoms with Crippen LogP contribution in [-0.2, 0) is 0 Å². The first-order chi connectivity index (χ1) is 6.36. The predicted octanol–water partition coefficient (Wildman–Crippen LogP) is 2.52. The van der Waals surface area contributed by atoms with E-state index in [1.807, 2.05) is 23.6 Å². The lowest BCUT2D eigenvalue weighted by molar-refractivity contribution is 0.471. The largest absolute Gasteiger partial charge is 0.436 e. The molecule has 2 rings (SSSR count). The molecule has 0 amide bonds. The number of aromatic nitrogens is 1. The van der Waals surface area contributed by atoms with Crippen LogP contribution in [0.3, 0.4) is 0 Å². The van der Waals surface area contributed by atoms with E-state index in [1.54, 1.807) is 12.1 Å². The molecule has 13 heavy (non-hydrogen) atoms. The minimum Gasteiger partial charge on any atom is -0.436 e. The first-order valence-electron chi connectivity index (χ1n) is 3.79. The molecule has 1 heterocycles. The summed E-state index contributed by atoms with van der Waals surface area (Å²) in [7, 11) is 0. The fraction of sp³-hybridized carbons (Fsp3) is 0. The van der Waals surface area contributed by atoms with Crippen molar-refractivity contribution in [2.75, 3.05) is 5.73 Å². The van der Waals surface area contributed by atoms with Gasteiger partial charge in [0.15, 0.2) is 5.75 Å². The van der Waals surface area contributed by atoms with Gasteiger partial charge >= 0.3 is 0 Å². The monoisotopic (exact) mass is 192 g/mol. The Kier molecular flexibility index (Phi) is 2.14. The lowest BCUT2D eigenvalue weighted by atomic mass is 10.3. The molecule has 0 aliphatic rings. The van der Waals surface area contributed by atoms with Gasteiger partial charge in [0.05, 0.1) is 5.69 Å². The highest BCUT2D eigenvalue weighted by molar-refractivity contribution is 7.03. The fourth-order valence-corrected chi connectivity index (χ4v) is 1.38. The van der Waals surface area contributed by atoms with Crippen LogP contribution in [0.5, 0.6) is 11.6 Å². The second kappa shape index (κ2) is 3.45. The van der Waals surface area contributed by atoms with E-state index in [0.717, 1.165) is 0 Å². The second-order valence-corrected chi connectivity index (χ2v) is 3.14. The van der Waals surface area contributed by atoms with E-state index in [4.69, 9.17) is 10.5 Å². The standard InChI is InChI=1S/C9H8N2OS/c10-7-3-1-2-4-8(7)12-9-5-6-13-11-9/h1-6H,10H2. The third kappa shape index (κ3) is 1.78. The van der Waals surface area contributed by atoms with Crippen molar-refractivity contribution in [3.05, 3.63) is 35.7 Å². The van der Waals surface area contributed by atoms with Gasteiger partial charge in [-0.3, -0.25) is 0 Å². The fourth-order valence-electron chi connectivity index (χ4n) is 0.940. The van der Waals surface area contributed by atoms with E-state index >= 15 is 0 Å². The molecule has 0 bridgehead atoms. The Morgan fingerprint density at radius 3 is 2.77 bits per heavy atom. The molecule has 1 aromatic heterocycles. The lowest BCUT2D eigenvalue weighted by Crippen LogP contribution is -1.90. The first-order valence-corrected chi connectivity index (χ1v) is 4.62. The number of rotatable bonds is 2. The second-order valence-electron chi connectivity index (χ2n) is 2.48. The topological polar surface area (TPSA) is 48.1 Å². The van der Waals surface area contributed by atoms with E-state index in [0.29, 0.717) is 17.3 Å². The number of ether oxygens (including phenoxy) is 1. The van der Waals surface area contributed by atoms with Crippen molar-refractivity contribution in [1.82, 2.24) is 4.37 Å². The number of nitrogen functional groups attached to an aromatic ring is 1. The number of hydrogen-bond acceptors (Lipinski definition) is 4. The SMILES string of the molecule is Nc1ccccc1Oc1ccsn1. The molecular formula is C9H8N2OS. The number of nitrogens with two attached hydrogens (primary N) is 1. The Labute approximate surface area is 79.9 Å². The predicted molar refractivity (Wildman–Crippen MR) is 53.0 cm³/mol. The minimum absolute atomic E-state index is 0.586. The maximum absolute atomic E-state index is 5.69. The Morgan fingerprint density at radius 2 is 2.08 bits per heavy atom. The van der Waals surface area contributed by atoms with Crippen molar-refractivity contribution in [2.24, 2.45) is 0 Å². The molecule has 2 N–H and O–H groups in total. The molecule has 0 aliphatic heterocycles. The molecule has 0 atom stereocenters. The van der Waals surface area contributed by atoms with E-state index < -0.39 is 0 Å². The number of hydrogen-bond donors (Lipinski definition) is 1. The first kappa shape index (κ1) is 8.07. The van der Waals surface area contributed by atoms with Crippen LogP contribution in [0.25, 0.3) is 0 Å². The van der Waals surface area contributed by atoms with Crippen LogP contribution >= 0.6 is 11.5 Å². The maximum atomic E-state index is 5.69. The average Bonchev–Trinajstić information content (AvgIpc) is 2.61. The third-order valence-electron chi connectivity index (χ3n) is 1.55. The van der Waals surface area contributed by atoms with Gasteiger partial charge in [0.1, 0.15) is 0 Å². The Balaban J connectivity index is 2.24. The van der Waals surface area contributed by atoms with Gasteiger partial charge in [0, 0.05) is 11.4 Å². The zero-order valence-corrected chi connectivity index (χ0v) is 7.62. The van der Waals surface area contributed by atoms with Crippen molar-refractivity contribution in [3.8, 4) is 11.6 Å². The quantitative estimate of drug-likeness (QED) is 0.744. The summed E-state index contributed by atoms with van der Waals surface area (Å²) in [5, 5.41) is 1.86. The summed E-state index contributed by atoms with van der Waals surface area (Å²) in [5.74, 6) is 1.23. The average molecular weight is 192 g/mol. The van der Waals surface area contributed by atoms with Crippen LogP contribution in [0.2, 0.25) is 0 Å². The zero-order chi connectivity index (χ0) is 9.10. The zero-order valence-electron chi connectivity index (χ0n) is 6.81. The molecule has 0 aliphatic carbocycles. The molecule has 4 heteroatoms. The van der Waals surface area contributed by atoms with Crippen LogP contribution in [0, 0.1) is 0 Å². The molecule has 1 aromatic carbocycles. The van der Waals surface area contributed by atoms with Gasteiger partial charge in [-0.25, -0.2) is 0 Å². The molecule has 0 saturated carbocycles. The van der Waals surface area contributed by atoms with Gasteiger partial charge in [0.25, 0.3) is 0 Å². The highest BCUT2D eigenvalue weighted by Crippen LogP contribution is 2.25.